The molecule has 0 radical (unpaired) electrons. The lowest BCUT2D eigenvalue weighted by atomic mass is 10.3. The largest absolute Gasteiger partial charge is 0.500 e. The quantitative estimate of drug-likeness (QED) is 0.721. The van der Waals surface area contributed by atoms with Crippen LogP contribution in [0, 0.1) is 0 Å². The number of alkyl halides is 3. The van der Waals surface area contributed by atoms with E-state index >= 15 is 0 Å². The first-order valence-electron chi connectivity index (χ1n) is 4.09. The van der Waals surface area contributed by atoms with Gasteiger partial charge >= 0.3 is 11.5 Å². The van der Waals surface area contributed by atoms with Gasteiger partial charge < -0.3 is 9.90 Å². The van der Waals surface area contributed by atoms with Crippen LogP contribution in [0.5, 0.6) is 0 Å². The van der Waals surface area contributed by atoms with Gasteiger partial charge in [-0.3, -0.25) is 0 Å². The summed E-state index contributed by atoms with van der Waals surface area (Å²) in [4.78, 5) is 10.7. The van der Waals surface area contributed by atoms with Crippen molar-refractivity contribution in [2.75, 3.05) is 0 Å². The van der Waals surface area contributed by atoms with Gasteiger partial charge in [-0.15, -0.1) is 0 Å². The molecule has 0 bridgehead atoms. The van der Waals surface area contributed by atoms with E-state index in [4.69, 9.17) is 0 Å². The Bertz CT molecular complexity index is 570. The summed E-state index contributed by atoms with van der Waals surface area (Å²) < 4.78 is 38.5. The molecule has 2 aromatic rings. The Morgan fingerprint density at radius 2 is 2.19 bits per heavy atom. The smallest absolute Gasteiger partial charge is 0.435 e. The van der Waals surface area contributed by atoms with E-state index in [1.54, 1.807) is 0 Å². The summed E-state index contributed by atoms with van der Waals surface area (Å²) in [5, 5.41) is 13.6. The standard InChI is InChI=1S/C8H5F3N2O2S/c1-13-6-4(2-3-16(6)7(14)15)5(12-13)8(9,10)11/h2-3H,1H3. The highest BCUT2D eigenvalue weighted by Gasteiger charge is 2.39. The normalized spacial score (nSPS) is 13.4. The third-order valence-electron chi connectivity index (χ3n) is 2.06. The van der Waals surface area contributed by atoms with Gasteiger partial charge in [-0.2, -0.15) is 18.3 Å². The number of hydrogen-bond acceptors (Lipinski definition) is 3. The first kappa shape index (κ1) is 10.9. The maximum absolute atomic E-state index is 12.5. The first-order valence-corrected chi connectivity index (χ1v) is 5.37. The maximum atomic E-state index is 12.5. The molecule has 8 heteroatoms. The zero-order valence-corrected chi connectivity index (χ0v) is 8.72. The summed E-state index contributed by atoms with van der Waals surface area (Å²) in [5.41, 5.74) is -1.06. The van der Waals surface area contributed by atoms with Crippen molar-refractivity contribution < 1.29 is 23.1 Å². The summed E-state index contributed by atoms with van der Waals surface area (Å²) in [5.74, 6) is 0. The SMILES string of the molecule is Cn1nc(C(F)(F)F)c2cc[s+](C(=O)[O-])c21. The maximum Gasteiger partial charge on any atom is 0.435 e. The minimum absolute atomic E-state index is 0.0346. The average molecular weight is 250 g/mol. The van der Waals surface area contributed by atoms with E-state index in [9.17, 15) is 23.1 Å². The molecule has 0 saturated heterocycles. The van der Waals surface area contributed by atoms with Gasteiger partial charge in [0.1, 0.15) is 5.38 Å². The minimum Gasteiger partial charge on any atom is -0.500 e. The molecule has 0 N–H and O–H groups in total. The molecular formula is C8H5F3N2O2S. The average Bonchev–Trinajstić information content (AvgIpc) is 2.65. The summed E-state index contributed by atoms with van der Waals surface area (Å²) in [6.07, 6.45) is -4.58. The van der Waals surface area contributed by atoms with Gasteiger partial charge in [0.05, 0.1) is 15.9 Å². The van der Waals surface area contributed by atoms with Gasteiger partial charge in [-0.25, -0.2) is 4.68 Å². The highest BCUT2D eigenvalue weighted by Crippen LogP contribution is 2.39. The predicted molar refractivity (Wildman–Crippen MR) is 49.0 cm³/mol. The van der Waals surface area contributed by atoms with Gasteiger partial charge in [-0.05, 0) is 0 Å². The number of hydrogen-bond donors (Lipinski definition) is 0. The van der Waals surface area contributed by atoms with E-state index in [2.05, 4.69) is 5.10 Å². The van der Waals surface area contributed by atoms with Crippen LogP contribution >= 0.6 is 10.5 Å². The number of aromatic nitrogens is 2. The molecule has 2 heterocycles. The fraction of sp³-hybridized carbons (Fsp3) is 0.250. The zero-order chi connectivity index (χ0) is 12.1. The molecule has 86 valence electrons. The summed E-state index contributed by atoms with van der Waals surface area (Å²) >= 11 is 0. The van der Waals surface area contributed by atoms with E-state index in [-0.39, 0.29) is 10.2 Å². The summed E-state index contributed by atoms with van der Waals surface area (Å²) in [7, 11) is -0.172. The van der Waals surface area contributed by atoms with Gasteiger partial charge in [0.25, 0.3) is 4.83 Å². The molecule has 4 nitrogen and oxygen atoms in total. The first-order chi connectivity index (χ1) is 7.32. The van der Waals surface area contributed by atoms with Gasteiger partial charge in [0.15, 0.2) is 5.69 Å². The van der Waals surface area contributed by atoms with Crippen LogP contribution in [0.2, 0.25) is 0 Å². The van der Waals surface area contributed by atoms with E-state index in [1.165, 1.54) is 12.4 Å². The Labute approximate surface area is 89.9 Å². The minimum atomic E-state index is -4.58. The molecule has 2 aromatic heterocycles. The Balaban J connectivity index is 2.79. The molecule has 2 rings (SSSR count). The summed E-state index contributed by atoms with van der Waals surface area (Å²) in [6.45, 7) is 0. The highest BCUT2D eigenvalue weighted by molar-refractivity contribution is 7.53. The lowest BCUT2D eigenvalue weighted by molar-refractivity contribution is -0.233. The number of thiophene rings is 1. The Morgan fingerprint density at radius 3 is 2.69 bits per heavy atom. The number of carboxylic acid groups (broad SMARTS) is 1. The fourth-order valence-electron chi connectivity index (χ4n) is 1.48. The number of fused-ring (bicyclic) bond motifs is 1. The van der Waals surface area contributed by atoms with Crippen molar-refractivity contribution in [3.8, 4) is 0 Å². The fourth-order valence-corrected chi connectivity index (χ4v) is 2.88. The third kappa shape index (κ3) is 1.45. The van der Waals surface area contributed by atoms with Crippen molar-refractivity contribution in [2.24, 2.45) is 7.05 Å². The van der Waals surface area contributed by atoms with Crippen molar-refractivity contribution in [1.29, 1.82) is 0 Å². The number of aryl methyl sites for hydroxylation is 1. The van der Waals surface area contributed by atoms with Crippen molar-refractivity contribution in [2.45, 2.75) is 6.18 Å². The second-order valence-electron chi connectivity index (χ2n) is 3.08. The Morgan fingerprint density at radius 1 is 1.56 bits per heavy atom. The zero-order valence-electron chi connectivity index (χ0n) is 7.91. The molecular weight excluding hydrogens is 245 g/mol. The molecule has 0 spiro atoms. The molecule has 0 fully saturated rings. The van der Waals surface area contributed by atoms with Crippen LogP contribution in [0.1, 0.15) is 5.69 Å². The van der Waals surface area contributed by atoms with E-state index in [0.29, 0.717) is 0 Å². The topological polar surface area (TPSA) is 58.0 Å². The van der Waals surface area contributed by atoms with Crippen LogP contribution in [0.4, 0.5) is 18.0 Å². The monoisotopic (exact) mass is 250 g/mol. The molecule has 0 aliphatic rings. The number of rotatable bonds is 1. The number of carbonyl (C=O) groups excluding carboxylic acids is 1. The van der Waals surface area contributed by atoms with Crippen LogP contribution in [0.25, 0.3) is 10.2 Å². The van der Waals surface area contributed by atoms with Crippen LogP contribution in [-0.2, 0) is 13.2 Å². The van der Waals surface area contributed by atoms with Crippen LogP contribution in [0.15, 0.2) is 11.4 Å². The Kier molecular flexibility index (Phi) is 2.19. The molecule has 1 atom stereocenters. The van der Waals surface area contributed by atoms with Crippen molar-refractivity contribution >= 4 is 26.0 Å². The van der Waals surface area contributed by atoms with Gasteiger partial charge in [0, 0.05) is 13.1 Å². The van der Waals surface area contributed by atoms with E-state index in [0.717, 1.165) is 10.7 Å². The molecule has 0 saturated carbocycles. The lowest BCUT2D eigenvalue weighted by Crippen LogP contribution is -2.16. The number of carbonyl (C=O) groups is 1. The second-order valence-corrected chi connectivity index (χ2v) is 4.75. The third-order valence-corrected chi connectivity index (χ3v) is 3.72. The summed E-state index contributed by atoms with van der Waals surface area (Å²) in [6, 6.07) is 1.13. The highest BCUT2D eigenvalue weighted by atomic mass is 32.2. The molecule has 0 aliphatic carbocycles. The van der Waals surface area contributed by atoms with Gasteiger partial charge in [0.2, 0.25) is 0 Å². The molecule has 0 amide bonds. The van der Waals surface area contributed by atoms with Crippen molar-refractivity contribution in [1.82, 2.24) is 9.78 Å². The Hall–Kier alpha value is -1.57. The van der Waals surface area contributed by atoms with Crippen LogP contribution in [-0.4, -0.2) is 15.1 Å². The predicted octanol–water partition coefficient (Wildman–Crippen LogP) is 1.53. The van der Waals surface area contributed by atoms with Crippen molar-refractivity contribution in [3.05, 3.63) is 17.1 Å². The molecule has 1 unspecified atom stereocenters. The second kappa shape index (κ2) is 3.21. The van der Waals surface area contributed by atoms with Crippen LogP contribution in [0.3, 0.4) is 0 Å². The number of nitrogens with zero attached hydrogens (tertiary/aromatic N) is 2. The molecule has 16 heavy (non-hydrogen) atoms. The van der Waals surface area contributed by atoms with Crippen molar-refractivity contribution in [3.63, 3.8) is 0 Å². The van der Waals surface area contributed by atoms with Gasteiger partial charge in [-0.1, -0.05) is 0 Å². The van der Waals surface area contributed by atoms with Crippen LogP contribution < -0.4 is 5.11 Å². The molecule has 0 aliphatic heterocycles. The number of halogens is 3. The van der Waals surface area contributed by atoms with E-state index in [1.807, 2.05) is 0 Å². The molecule has 0 aromatic carbocycles. The lowest BCUT2D eigenvalue weighted by Gasteiger charge is -1.99. The van der Waals surface area contributed by atoms with E-state index < -0.39 is 27.6 Å².